The molecular formula is C26H26N2O2. The highest BCUT2D eigenvalue weighted by Gasteiger charge is 2.31. The summed E-state index contributed by atoms with van der Waals surface area (Å²) in [5.41, 5.74) is 3.91. The Morgan fingerprint density at radius 2 is 1.57 bits per heavy atom. The number of nitrogens with zero attached hydrogens (tertiary/aromatic N) is 1. The molecule has 1 unspecified atom stereocenters. The van der Waals surface area contributed by atoms with E-state index in [2.05, 4.69) is 76.9 Å². The molecule has 1 heterocycles. The van der Waals surface area contributed by atoms with Crippen LogP contribution in [0.1, 0.15) is 35.2 Å². The fourth-order valence-electron chi connectivity index (χ4n) is 4.60. The van der Waals surface area contributed by atoms with Crippen molar-refractivity contribution < 1.29 is 9.47 Å². The summed E-state index contributed by atoms with van der Waals surface area (Å²) in [7, 11) is 3.38. The first-order valence-corrected chi connectivity index (χ1v) is 10.4. The quantitative estimate of drug-likeness (QED) is 0.467. The molecular weight excluding hydrogens is 372 g/mol. The number of hydrogen-bond donors (Lipinski definition) is 1. The van der Waals surface area contributed by atoms with Crippen LogP contribution in [0, 0.1) is 0 Å². The second-order valence-corrected chi connectivity index (χ2v) is 7.83. The van der Waals surface area contributed by atoms with Crippen molar-refractivity contribution in [1.29, 1.82) is 0 Å². The van der Waals surface area contributed by atoms with Gasteiger partial charge in [-0.05, 0) is 34.4 Å². The molecule has 4 heteroatoms. The summed E-state index contributed by atoms with van der Waals surface area (Å²) >= 11 is 0. The van der Waals surface area contributed by atoms with Crippen molar-refractivity contribution in [2.45, 2.75) is 25.0 Å². The molecule has 0 radical (unpaired) electrons. The third-order valence-electron chi connectivity index (χ3n) is 6.15. The number of aromatic nitrogens is 1. The molecule has 1 N–H and O–H groups in total. The van der Waals surface area contributed by atoms with Gasteiger partial charge in [-0.2, -0.15) is 0 Å². The Balaban J connectivity index is 1.40. The van der Waals surface area contributed by atoms with Gasteiger partial charge in [-0.3, -0.25) is 0 Å². The summed E-state index contributed by atoms with van der Waals surface area (Å²) in [5.74, 6) is 1.66. The topological polar surface area (TPSA) is 35.4 Å². The van der Waals surface area contributed by atoms with Gasteiger partial charge in [0.1, 0.15) is 11.5 Å². The Kier molecular flexibility index (Phi) is 4.93. The lowest BCUT2D eigenvalue weighted by atomic mass is 10.1. The molecule has 0 fully saturated rings. The minimum Gasteiger partial charge on any atom is -0.497 e. The van der Waals surface area contributed by atoms with Gasteiger partial charge < -0.3 is 19.4 Å². The smallest absolute Gasteiger partial charge is 0.127 e. The van der Waals surface area contributed by atoms with E-state index in [0.717, 1.165) is 30.0 Å². The van der Waals surface area contributed by atoms with Crippen molar-refractivity contribution >= 4 is 10.8 Å². The van der Waals surface area contributed by atoms with E-state index in [1.807, 2.05) is 12.1 Å². The van der Waals surface area contributed by atoms with Gasteiger partial charge in [-0.15, -0.1) is 0 Å². The van der Waals surface area contributed by atoms with Crippen LogP contribution in [-0.2, 0) is 6.54 Å². The molecule has 5 rings (SSSR count). The predicted molar refractivity (Wildman–Crippen MR) is 120 cm³/mol. The van der Waals surface area contributed by atoms with Crippen LogP contribution in [-0.4, -0.2) is 18.8 Å². The highest BCUT2D eigenvalue weighted by Crippen LogP contribution is 2.42. The normalized spacial score (nSPS) is 17.8. The predicted octanol–water partition coefficient (Wildman–Crippen LogP) is 5.48. The van der Waals surface area contributed by atoms with Crippen LogP contribution in [0.15, 0.2) is 79.1 Å². The molecule has 0 saturated carbocycles. The number of benzene rings is 3. The van der Waals surface area contributed by atoms with Gasteiger partial charge in [0, 0.05) is 36.6 Å². The second-order valence-electron chi connectivity index (χ2n) is 7.83. The van der Waals surface area contributed by atoms with E-state index in [-0.39, 0.29) is 0 Å². The van der Waals surface area contributed by atoms with Gasteiger partial charge in [0.25, 0.3) is 0 Å². The van der Waals surface area contributed by atoms with Crippen LogP contribution in [0.25, 0.3) is 10.8 Å². The molecule has 0 aliphatic heterocycles. The van der Waals surface area contributed by atoms with E-state index in [1.54, 1.807) is 14.2 Å². The standard InChI is InChI=1S/C26H26N2O2/c1-29-21-12-11-18(26(13-21)30-2)15-27-24-14-25(23-10-6-5-9-22(23)24)28-16-19-7-3-4-8-20(19)17-28/h3-13,16-17,24-25,27H,14-15H2,1-2H3/t24?,25-/m1/s1. The number of fused-ring (bicyclic) bond motifs is 2. The third-order valence-corrected chi connectivity index (χ3v) is 6.15. The van der Waals surface area contributed by atoms with E-state index >= 15 is 0 Å². The minimum atomic E-state index is 0.295. The van der Waals surface area contributed by atoms with Crippen molar-refractivity contribution in [3.8, 4) is 11.5 Å². The number of hydrogen-bond acceptors (Lipinski definition) is 3. The summed E-state index contributed by atoms with van der Waals surface area (Å²) in [6, 6.07) is 24.0. The van der Waals surface area contributed by atoms with Gasteiger partial charge in [-0.25, -0.2) is 0 Å². The molecule has 0 spiro atoms. The summed E-state index contributed by atoms with van der Waals surface area (Å²) in [5, 5.41) is 6.34. The van der Waals surface area contributed by atoms with Crippen LogP contribution >= 0.6 is 0 Å². The molecule has 4 aromatic rings. The first kappa shape index (κ1) is 18.8. The minimum absolute atomic E-state index is 0.295. The van der Waals surface area contributed by atoms with Crippen molar-refractivity contribution in [2.24, 2.45) is 0 Å². The number of methoxy groups -OCH3 is 2. The molecule has 0 saturated heterocycles. The zero-order valence-corrected chi connectivity index (χ0v) is 17.3. The average Bonchev–Trinajstić information content (AvgIpc) is 3.39. The average molecular weight is 399 g/mol. The molecule has 2 atom stereocenters. The fraction of sp³-hybridized carbons (Fsp3) is 0.231. The van der Waals surface area contributed by atoms with Crippen molar-refractivity contribution in [3.05, 3.63) is 95.8 Å². The van der Waals surface area contributed by atoms with E-state index in [4.69, 9.17) is 9.47 Å². The summed E-state index contributed by atoms with van der Waals surface area (Å²) in [6.07, 6.45) is 5.57. The van der Waals surface area contributed by atoms with Gasteiger partial charge >= 0.3 is 0 Å². The summed E-state index contributed by atoms with van der Waals surface area (Å²) in [6.45, 7) is 0.743. The zero-order chi connectivity index (χ0) is 20.5. The Bertz CT molecular complexity index is 1150. The van der Waals surface area contributed by atoms with Gasteiger partial charge in [-0.1, -0.05) is 54.6 Å². The lowest BCUT2D eigenvalue weighted by molar-refractivity contribution is 0.387. The van der Waals surface area contributed by atoms with Crippen LogP contribution in [0.2, 0.25) is 0 Å². The molecule has 0 bridgehead atoms. The zero-order valence-electron chi connectivity index (χ0n) is 17.3. The van der Waals surface area contributed by atoms with Crippen LogP contribution < -0.4 is 14.8 Å². The Morgan fingerprint density at radius 1 is 0.867 bits per heavy atom. The highest BCUT2D eigenvalue weighted by molar-refractivity contribution is 5.82. The van der Waals surface area contributed by atoms with E-state index in [1.165, 1.54) is 21.9 Å². The largest absolute Gasteiger partial charge is 0.497 e. The first-order chi connectivity index (χ1) is 14.8. The SMILES string of the molecule is COc1ccc(CNC2C[C@@H](n3cc4ccccc4c3)c3ccccc32)c(OC)c1. The molecule has 30 heavy (non-hydrogen) atoms. The van der Waals surface area contributed by atoms with Crippen molar-refractivity contribution in [3.63, 3.8) is 0 Å². The number of ether oxygens (including phenoxy) is 2. The highest BCUT2D eigenvalue weighted by atomic mass is 16.5. The maximum Gasteiger partial charge on any atom is 0.127 e. The number of rotatable bonds is 6. The van der Waals surface area contributed by atoms with Gasteiger partial charge in [0.15, 0.2) is 0 Å². The van der Waals surface area contributed by atoms with Gasteiger partial charge in [0.05, 0.1) is 20.3 Å². The maximum atomic E-state index is 5.57. The Labute approximate surface area is 177 Å². The van der Waals surface area contributed by atoms with Crippen LogP contribution in [0.4, 0.5) is 0 Å². The molecule has 152 valence electrons. The molecule has 0 amide bonds. The molecule has 4 nitrogen and oxygen atoms in total. The van der Waals surface area contributed by atoms with Crippen molar-refractivity contribution in [1.82, 2.24) is 9.88 Å². The van der Waals surface area contributed by atoms with E-state index in [0.29, 0.717) is 12.1 Å². The Hall–Kier alpha value is -3.24. The van der Waals surface area contributed by atoms with E-state index < -0.39 is 0 Å². The molecule has 1 aliphatic carbocycles. The molecule has 1 aliphatic rings. The summed E-state index contributed by atoms with van der Waals surface area (Å²) in [4.78, 5) is 0. The van der Waals surface area contributed by atoms with Gasteiger partial charge in [0.2, 0.25) is 0 Å². The van der Waals surface area contributed by atoms with Crippen LogP contribution in [0.5, 0.6) is 11.5 Å². The number of nitrogens with one attached hydrogen (secondary N) is 1. The second kappa shape index (κ2) is 7.88. The summed E-state index contributed by atoms with van der Waals surface area (Å²) < 4.78 is 13.3. The lowest BCUT2D eigenvalue weighted by Gasteiger charge is -2.17. The first-order valence-electron chi connectivity index (χ1n) is 10.4. The maximum absolute atomic E-state index is 5.57. The van der Waals surface area contributed by atoms with E-state index in [9.17, 15) is 0 Å². The van der Waals surface area contributed by atoms with Crippen molar-refractivity contribution in [2.75, 3.05) is 14.2 Å². The third kappa shape index (κ3) is 3.33. The molecule has 1 aromatic heterocycles. The Morgan fingerprint density at radius 3 is 2.27 bits per heavy atom. The lowest BCUT2D eigenvalue weighted by Crippen LogP contribution is -2.19. The van der Waals surface area contributed by atoms with Crippen LogP contribution in [0.3, 0.4) is 0 Å². The fourth-order valence-corrected chi connectivity index (χ4v) is 4.60. The molecule has 3 aromatic carbocycles. The monoisotopic (exact) mass is 398 g/mol.